The van der Waals surface area contributed by atoms with Gasteiger partial charge in [-0.1, -0.05) is 18.2 Å². The van der Waals surface area contributed by atoms with Crippen LogP contribution < -0.4 is 10.6 Å². The molecule has 3 rings (SSSR count). The average Bonchev–Trinajstić information content (AvgIpc) is 3.21. The van der Waals surface area contributed by atoms with Gasteiger partial charge in [0.05, 0.1) is 17.2 Å². The van der Waals surface area contributed by atoms with Gasteiger partial charge in [-0.05, 0) is 37.0 Å². The molecule has 2 heterocycles. The highest BCUT2D eigenvalue weighted by Crippen LogP contribution is 2.11. The van der Waals surface area contributed by atoms with Crippen molar-refractivity contribution >= 4 is 11.8 Å². The van der Waals surface area contributed by atoms with Gasteiger partial charge in [0.15, 0.2) is 0 Å². The zero-order valence-electron chi connectivity index (χ0n) is 14.9. The Morgan fingerprint density at radius 3 is 2.59 bits per heavy atom. The van der Waals surface area contributed by atoms with Crippen LogP contribution in [0.4, 0.5) is 4.39 Å². The van der Waals surface area contributed by atoms with Gasteiger partial charge in [-0.3, -0.25) is 14.6 Å². The van der Waals surface area contributed by atoms with Crippen molar-refractivity contribution in [2.24, 2.45) is 0 Å². The molecule has 1 fully saturated rings. The number of hydrogen-bond acceptors (Lipinski definition) is 4. The van der Waals surface area contributed by atoms with Crippen molar-refractivity contribution in [3.05, 3.63) is 65.2 Å². The zero-order valence-corrected chi connectivity index (χ0v) is 14.9. The Morgan fingerprint density at radius 2 is 1.89 bits per heavy atom. The van der Waals surface area contributed by atoms with Gasteiger partial charge in [0.2, 0.25) is 0 Å². The number of pyridine rings is 1. The van der Waals surface area contributed by atoms with Crippen molar-refractivity contribution in [1.82, 2.24) is 15.6 Å². The summed E-state index contributed by atoms with van der Waals surface area (Å²) in [5, 5.41) is 5.52. The number of carbonyl (C=O) groups is 2. The molecule has 142 valence electrons. The monoisotopic (exact) mass is 371 g/mol. The van der Waals surface area contributed by atoms with Crippen LogP contribution in [0, 0.1) is 5.82 Å². The second kappa shape index (κ2) is 9.23. The smallest absolute Gasteiger partial charge is 0.252 e. The molecule has 0 saturated carbocycles. The van der Waals surface area contributed by atoms with Gasteiger partial charge in [-0.15, -0.1) is 0 Å². The van der Waals surface area contributed by atoms with E-state index < -0.39 is 0 Å². The van der Waals surface area contributed by atoms with Crippen LogP contribution in [0.1, 0.15) is 39.1 Å². The minimum Gasteiger partial charge on any atom is -0.376 e. The van der Waals surface area contributed by atoms with Crippen molar-refractivity contribution in [3.63, 3.8) is 0 Å². The van der Waals surface area contributed by atoms with E-state index in [1.165, 1.54) is 24.5 Å². The van der Waals surface area contributed by atoms with Crippen LogP contribution in [-0.2, 0) is 11.2 Å². The van der Waals surface area contributed by atoms with Crippen molar-refractivity contribution in [2.75, 3.05) is 19.7 Å². The number of benzene rings is 1. The van der Waals surface area contributed by atoms with Gasteiger partial charge in [0.1, 0.15) is 5.82 Å². The minimum atomic E-state index is -0.354. The summed E-state index contributed by atoms with van der Waals surface area (Å²) in [5.74, 6) is -0.940. The quantitative estimate of drug-likeness (QED) is 0.781. The Labute approximate surface area is 157 Å². The highest BCUT2D eigenvalue weighted by atomic mass is 19.1. The molecular formula is C20H22FN3O3. The lowest BCUT2D eigenvalue weighted by Crippen LogP contribution is -2.32. The number of rotatable bonds is 7. The summed E-state index contributed by atoms with van der Waals surface area (Å²) in [5.41, 5.74) is 1.14. The van der Waals surface area contributed by atoms with E-state index in [9.17, 15) is 14.0 Å². The maximum Gasteiger partial charge on any atom is 0.252 e. The molecule has 27 heavy (non-hydrogen) atoms. The summed E-state index contributed by atoms with van der Waals surface area (Å²) in [6.45, 7) is 1.46. The molecule has 0 aliphatic carbocycles. The van der Waals surface area contributed by atoms with Gasteiger partial charge in [0, 0.05) is 32.1 Å². The summed E-state index contributed by atoms with van der Waals surface area (Å²) >= 11 is 0. The SMILES string of the molecule is O=C(NCCc1ccccc1F)c1cncc(C(=O)NCC2CCCO2)c1. The van der Waals surface area contributed by atoms with E-state index in [0.29, 0.717) is 24.1 Å². The maximum atomic E-state index is 13.6. The number of halogens is 1. The van der Waals surface area contributed by atoms with E-state index in [4.69, 9.17) is 4.74 Å². The molecule has 1 saturated heterocycles. The molecular weight excluding hydrogens is 349 g/mol. The van der Waals surface area contributed by atoms with Crippen molar-refractivity contribution in [1.29, 1.82) is 0 Å². The maximum absolute atomic E-state index is 13.6. The normalized spacial score (nSPS) is 16.1. The fourth-order valence-electron chi connectivity index (χ4n) is 2.92. The molecule has 1 aliphatic heterocycles. The summed E-state index contributed by atoms with van der Waals surface area (Å²) in [6, 6.07) is 7.94. The summed E-state index contributed by atoms with van der Waals surface area (Å²) in [7, 11) is 0. The lowest BCUT2D eigenvalue weighted by Gasteiger charge is -2.11. The fraction of sp³-hybridized carbons (Fsp3) is 0.350. The first-order valence-corrected chi connectivity index (χ1v) is 9.00. The van der Waals surface area contributed by atoms with E-state index in [-0.39, 0.29) is 35.8 Å². The van der Waals surface area contributed by atoms with Crippen LogP contribution in [0.15, 0.2) is 42.7 Å². The van der Waals surface area contributed by atoms with E-state index in [1.807, 2.05) is 0 Å². The number of carbonyl (C=O) groups excluding carboxylic acids is 2. The second-order valence-corrected chi connectivity index (χ2v) is 6.40. The van der Waals surface area contributed by atoms with Crippen LogP contribution in [-0.4, -0.2) is 42.6 Å². The third kappa shape index (κ3) is 5.34. The molecule has 1 aromatic heterocycles. The molecule has 1 unspecified atom stereocenters. The number of ether oxygens (including phenoxy) is 1. The number of nitrogens with zero attached hydrogens (tertiary/aromatic N) is 1. The average molecular weight is 371 g/mol. The van der Waals surface area contributed by atoms with Crippen LogP contribution in [0.25, 0.3) is 0 Å². The molecule has 2 amide bonds. The molecule has 0 radical (unpaired) electrons. The molecule has 2 aromatic rings. The predicted molar refractivity (Wildman–Crippen MR) is 98.0 cm³/mol. The second-order valence-electron chi connectivity index (χ2n) is 6.40. The van der Waals surface area contributed by atoms with Gasteiger partial charge < -0.3 is 15.4 Å². The van der Waals surface area contributed by atoms with Crippen LogP contribution in [0.3, 0.4) is 0 Å². The Bertz CT molecular complexity index is 807. The lowest BCUT2D eigenvalue weighted by molar-refractivity contribution is 0.0857. The molecule has 0 bridgehead atoms. The van der Waals surface area contributed by atoms with Gasteiger partial charge >= 0.3 is 0 Å². The highest BCUT2D eigenvalue weighted by molar-refractivity contribution is 5.99. The first-order valence-electron chi connectivity index (χ1n) is 9.00. The molecule has 1 atom stereocenters. The van der Waals surface area contributed by atoms with Gasteiger partial charge in [-0.25, -0.2) is 4.39 Å². The Hall–Kier alpha value is -2.80. The first kappa shape index (κ1) is 19.0. The first-order chi connectivity index (χ1) is 13.1. The Balaban J connectivity index is 1.51. The summed E-state index contributed by atoms with van der Waals surface area (Å²) in [6.07, 6.45) is 5.18. The summed E-state index contributed by atoms with van der Waals surface area (Å²) in [4.78, 5) is 28.5. The predicted octanol–water partition coefficient (Wildman–Crippen LogP) is 2.10. The van der Waals surface area contributed by atoms with E-state index in [0.717, 1.165) is 19.4 Å². The molecule has 0 spiro atoms. The molecule has 1 aromatic carbocycles. The third-order valence-electron chi connectivity index (χ3n) is 4.41. The van der Waals surface area contributed by atoms with Crippen molar-refractivity contribution < 1.29 is 18.7 Å². The van der Waals surface area contributed by atoms with E-state index in [1.54, 1.807) is 18.2 Å². The number of amides is 2. The lowest BCUT2D eigenvalue weighted by atomic mass is 10.1. The molecule has 1 aliphatic rings. The van der Waals surface area contributed by atoms with E-state index >= 15 is 0 Å². The number of nitrogens with one attached hydrogen (secondary N) is 2. The van der Waals surface area contributed by atoms with Crippen LogP contribution in [0.2, 0.25) is 0 Å². The van der Waals surface area contributed by atoms with Gasteiger partial charge in [0.25, 0.3) is 11.8 Å². The fourth-order valence-corrected chi connectivity index (χ4v) is 2.92. The van der Waals surface area contributed by atoms with Crippen molar-refractivity contribution in [3.8, 4) is 0 Å². The Kier molecular flexibility index (Phi) is 6.49. The minimum absolute atomic E-state index is 0.0479. The van der Waals surface area contributed by atoms with Gasteiger partial charge in [-0.2, -0.15) is 0 Å². The third-order valence-corrected chi connectivity index (χ3v) is 4.41. The van der Waals surface area contributed by atoms with Crippen LogP contribution >= 0.6 is 0 Å². The standard InChI is InChI=1S/C20H22FN3O3/c21-18-6-2-1-4-14(18)7-8-23-19(25)15-10-16(12-22-11-15)20(26)24-13-17-5-3-9-27-17/h1-2,4,6,10-12,17H,3,5,7-9,13H2,(H,23,25)(H,24,26). The Morgan fingerprint density at radius 1 is 1.15 bits per heavy atom. The van der Waals surface area contributed by atoms with Crippen molar-refractivity contribution in [2.45, 2.75) is 25.4 Å². The molecule has 6 nitrogen and oxygen atoms in total. The molecule has 7 heteroatoms. The zero-order chi connectivity index (χ0) is 19.1. The summed E-state index contributed by atoms with van der Waals surface area (Å²) < 4.78 is 19.1. The van der Waals surface area contributed by atoms with E-state index in [2.05, 4.69) is 15.6 Å². The topological polar surface area (TPSA) is 80.3 Å². The number of aromatic nitrogens is 1. The largest absolute Gasteiger partial charge is 0.376 e. The highest BCUT2D eigenvalue weighted by Gasteiger charge is 2.17. The molecule has 2 N–H and O–H groups in total. The van der Waals surface area contributed by atoms with Crippen LogP contribution in [0.5, 0.6) is 0 Å². The number of hydrogen-bond donors (Lipinski definition) is 2.